The van der Waals surface area contributed by atoms with E-state index in [-0.39, 0.29) is 5.41 Å². The molecule has 2 unspecified atom stereocenters. The zero-order chi connectivity index (χ0) is 13.9. The van der Waals surface area contributed by atoms with E-state index < -0.39 is 0 Å². The van der Waals surface area contributed by atoms with Gasteiger partial charge in [-0.2, -0.15) is 0 Å². The molecular formula is C16H30N2O. The second-order valence-corrected chi connectivity index (χ2v) is 7.10. The average Bonchev–Trinajstić information content (AvgIpc) is 2.60. The van der Waals surface area contributed by atoms with Crippen LogP contribution in [0.4, 0.5) is 0 Å². The fraction of sp³-hybridized carbons (Fsp3) is 0.938. The monoisotopic (exact) mass is 266 g/mol. The Kier molecular flexibility index (Phi) is 5.02. The first-order chi connectivity index (χ1) is 9.06. The van der Waals surface area contributed by atoms with Crippen LogP contribution in [0, 0.1) is 11.3 Å². The number of carbonyl (C=O) groups excluding carboxylic acids is 1. The van der Waals surface area contributed by atoms with Crippen molar-refractivity contribution in [2.75, 3.05) is 33.7 Å². The van der Waals surface area contributed by atoms with E-state index in [4.69, 9.17) is 0 Å². The Balaban J connectivity index is 1.97. The molecular weight excluding hydrogens is 236 g/mol. The van der Waals surface area contributed by atoms with Crippen LogP contribution in [0.3, 0.4) is 0 Å². The van der Waals surface area contributed by atoms with Crippen LogP contribution in [0.15, 0.2) is 0 Å². The van der Waals surface area contributed by atoms with Crippen molar-refractivity contribution in [1.29, 1.82) is 0 Å². The van der Waals surface area contributed by atoms with Crippen LogP contribution in [0.1, 0.15) is 45.4 Å². The summed E-state index contributed by atoms with van der Waals surface area (Å²) in [7, 11) is 4.34. The highest BCUT2D eigenvalue weighted by molar-refractivity contribution is 5.59. The summed E-state index contributed by atoms with van der Waals surface area (Å²) in [6, 6.07) is 0.648. The molecule has 2 rings (SSSR count). The molecule has 19 heavy (non-hydrogen) atoms. The minimum absolute atomic E-state index is 0.0442. The summed E-state index contributed by atoms with van der Waals surface area (Å²) in [5.74, 6) is 0.712. The molecule has 0 bridgehead atoms. The summed E-state index contributed by atoms with van der Waals surface area (Å²) in [6.07, 6.45) is 8.59. The largest absolute Gasteiger partial charge is 0.305 e. The highest BCUT2D eigenvalue weighted by Crippen LogP contribution is 2.35. The normalized spacial score (nSPS) is 32.4. The van der Waals surface area contributed by atoms with E-state index in [1.165, 1.54) is 32.0 Å². The van der Waals surface area contributed by atoms with Gasteiger partial charge >= 0.3 is 0 Å². The number of likely N-dealkylation sites (N-methyl/N-ethyl adjacent to an activating group) is 1. The zero-order valence-electron chi connectivity index (χ0n) is 12.9. The van der Waals surface area contributed by atoms with Crippen LogP contribution in [-0.4, -0.2) is 55.9 Å². The Morgan fingerprint density at radius 1 is 1.16 bits per heavy atom. The van der Waals surface area contributed by atoms with Crippen molar-refractivity contribution < 1.29 is 4.79 Å². The predicted molar refractivity (Wildman–Crippen MR) is 79.3 cm³/mol. The highest BCUT2D eigenvalue weighted by Gasteiger charge is 2.37. The molecule has 2 fully saturated rings. The van der Waals surface area contributed by atoms with Crippen molar-refractivity contribution in [2.24, 2.45) is 11.3 Å². The van der Waals surface area contributed by atoms with Gasteiger partial charge in [0.15, 0.2) is 0 Å². The lowest BCUT2D eigenvalue weighted by Crippen LogP contribution is -2.39. The van der Waals surface area contributed by atoms with Crippen LogP contribution in [0.5, 0.6) is 0 Å². The van der Waals surface area contributed by atoms with E-state index >= 15 is 0 Å². The molecule has 0 N–H and O–H groups in total. The Labute approximate surface area is 118 Å². The Morgan fingerprint density at radius 2 is 1.79 bits per heavy atom. The van der Waals surface area contributed by atoms with Gasteiger partial charge in [0.1, 0.15) is 6.29 Å². The maximum Gasteiger partial charge on any atom is 0.127 e. The number of likely N-dealkylation sites (tertiary alicyclic amines) is 1. The van der Waals surface area contributed by atoms with Gasteiger partial charge < -0.3 is 14.6 Å². The van der Waals surface area contributed by atoms with Crippen molar-refractivity contribution in [2.45, 2.75) is 51.5 Å². The fourth-order valence-corrected chi connectivity index (χ4v) is 4.04. The lowest BCUT2D eigenvalue weighted by molar-refractivity contribution is -0.118. The van der Waals surface area contributed by atoms with Gasteiger partial charge in [-0.15, -0.1) is 0 Å². The smallest absolute Gasteiger partial charge is 0.127 e. The van der Waals surface area contributed by atoms with Crippen molar-refractivity contribution in [3.05, 3.63) is 0 Å². The van der Waals surface area contributed by atoms with E-state index in [0.29, 0.717) is 12.0 Å². The van der Waals surface area contributed by atoms with Crippen LogP contribution in [0.25, 0.3) is 0 Å². The summed E-state index contributed by atoms with van der Waals surface area (Å²) < 4.78 is 0. The molecule has 2 aliphatic rings. The molecule has 3 heteroatoms. The maximum absolute atomic E-state index is 11.7. The minimum atomic E-state index is -0.0442. The fourth-order valence-electron chi connectivity index (χ4n) is 4.04. The van der Waals surface area contributed by atoms with E-state index in [1.54, 1.807) is 0 Å². The lowest BCUT2D eigenvalue weighted by Gasteiger charge is -2.32. The molecule has 0 aromatic rings. The standard InChI is InChI=1S/C16H30N2O/c1-14-10-18(11-15(14)17(2)3)12-16(13-19)8-6-4-5-7-9-16/h13-15H,4-12H2,1-3H3. The number of hydrogen-bond donors (Lipinski definition) is 0. The molecule has 0 aromatic heterocycles. The molecule has 0 spiro atoms. The Morgan fingerprint density at radius 3 is 2.26 bits per heavy atom. The van der Waals surface area contributed by atoms with Gasteiger partial charge in [0.05, 0.1) is 0 Å². The van der Waals surface area contributed by atoms with Gasteiger partial charge in [-0.05, 0) is 32.9 Å². The van der Waals surface area contributed by atoms with Gasteiger partial charge in [0.25, 0.3) is 0 Å². The Bertz CT molecular complexity index is 295. The van der Waals surface area contributed by atoms with Crippen LogP contribution < -0.4 is 0 Å². The van der Waals surface area contributed by atoms with Gasteiger partial charge in [-0.25, -0.2) is 0 Å². The van der Waals surface area contributed by atoms with Gasteiger partial charge in [-0.3, -0.25) is 0 Å². The maximum atomic E-state index is 11.7. The summed E-state index contributed by atoms with van der Waals surface area (Å²) >= 11 is 0. The Hall–Kier alpha value is -0.410. The number of hydrogen-bond acceptors (Lipinski definition) is 3. The number of carbonyl (C=O) groups is 1. The number of nitrogens with zero attached hydrogens (tertiary/aromatic N) is 2. The van der Waals surface area contributed by atoms with Crippen LogP contribution >= 0.6 is 0 Å². The molecule has 0 radical (unpaired) electrons. The number of rotatable bonds is 4. The summed E-state index contributed by atoms with van der Waals surface area (Å²) in [6.45, 7) is 5.61. The summed E-state index contributed by atoms with van der Waals surface area (Å²) in [5.41, 5.74) is -0.0442. The topological polar surface area (TPSA) is 23.6 Å². The average molecular weight is 266 g/mol. The second-order valence-electron chi connectivity index (χ2n) is 7.10. The molecule has 1 saturated heterocycles. The van der Waals surface area contributed by atoms with Crippen molar-refractivity contribution in [3.8, 4) is 0 Å². The van der Waals surface area contributed by atoms with E-state index in [9.17, 15) is 4.79 Å². The molecule has 1 heterocycles. The third kappa shape index (κ3) is 3.57. The molecule has 1 aliphatic carbocycles. The quantitative estimate of drug-likeness (QED) is 0.577. The van der Waals surface area contributed by atoms with Crippen LogP contribution in [0.2, 0.25) is 0 Å². The third-order valence-corrected chi connectivity index (χ3v) is 5.20. The minimum Gasteiger partial charge on any atom is -0.305 e. The lowest BCUT2D eigenvalue weighted by atomic mass is 9.81. The molecule has 1 aliphatic heterocycles. The highest BCUT2D eigenvalue weighted by atomic mass is 16.1. The van der Waals surface area contributed by atoms with E-state index in [2.05, 4.69) is 30.8 Å². The summed E-state index contributed by atoms with van der Waals surface area (Å²) in [5, 5.41) is 0. The van der Waals surface area contributed by atoms with Crippen molar-refractivity contribution >= 4 is 6.29 Å². The van der Waals surface area contributed by atoms with E-state index in [0.717, 1.165) is 32.5 Å². The molecule has 0 aromatic carbocycles. The summed E-state index contributed by atoms with van der Waals surface area (Å²) in [4.78, 5) is 16.6. The first-order valence-corrected chi connectivity index (χ1v) is 7.91. The van der Waals surface area contributed by atoms with Crippen molar-refractivity contribution in [3.63, 3.8) is 0 Å². The molecule has 3 nitrogen and oxygen atoms in total. The third-order valence-electron chi connectivity index (χ3n) is 5.20. The van der Waals surface area contributed by atoms with Crippen LogP contribution in [-0.2, 0) is 4.79 Å². The van der Waals surface area contributed by atoms with Gasteiger partial charge in [0.2, 0.25) is 0 Å². The molecule has 0 amide bonds. The molecule has 1 saturated carbocycles. The van der Waals surface area contributed by atoms with E-state index in [1.807, 2.05) is 0 Å². The number of aldehydes is 1. The van der Waals surface area contributed by atoms with Gasteiger partial charge in [-0.1, -0.05) is 32.6 Å². The van der Waals surface area contributed by atoms with Crippen molar-refractivity contribution in [1.82, 2.24) is 9.80 Å². The second kappa shape index (κ2) is 6.36. The predicted octanol–water partition coefficient (Wildman–Crippen LogP) is 2.41. The first kappa shape index (κ1) is 15.0. The van der Waals surface area contributed by atoms with Gasteiger partial charge in [0, 0.05) is 31.1 Å². The SMILES string of the molecule is CC1CN(CC2(C=O)CCCCCC2)CC1N(C)C. The zero-order valence-corrected chi connectivity index (χ0v) is 12.9. The first-order valence-electron chi connectivity index (χ1n) is 7.91. The molecule has 2 atom stereocenters. The molecule has 110 valence electrons.